The Kier molecular flexibility index (Phi) is 5.38. The number of nitrogen functional groups attached to an aromatic ring is 1. The number of aliphatic hydroxyl groups excluding tert-OH is 1. The zero-order chi connectivity index (χ0) is 15.4. The molecule has 114 valence electrons. The molecule has 0 aliphatic rings. The predicted octanol–water partition coefficient (Wildman–Crippen LogP) is 1.14. The lowest BCUT2D eigenvalue weighted by Crippen LogP contribution is -2.38. The molecule has 5 N–H and O–H groups in total. The van der Waals surface area contributed by atoms with E-state index in [1.807, 2.05) is 13.8 Å². The molecule has 20 heavy (non-hydrogen) atoms. The Hall–Kier alpha value is -1.31. The second-order valence-corrected chi connectivity index (χ2v) is 6.71. The smallest absolute Gasteiger partial charge is 0.240 e. The summed E-state index contributed by atoms with van der Waals surface area (Å²) in [4.78, 5) is 0.146. The van der Waals surface area contributed by atoms with Crippen molar-refractivity contribution >= 4 is 21.4 Å². The van der Waals surface area contributed by atoms with Crippen LogP contribution in [0.4, 0.5) is 11.4 Å². The third-order valence-electron chi connectivity index (χ3n) is 3.24. The molecule has 0 bridgehead atoms. The molecular weight excluding hydrogens is 278 g/mol. The van der Waals surface area contributed by atoms with Gasteiger partial charge in [-0.1, -0.05) is 13.8 Å². The summed E-state index contributed by atoms with van der Waals surface area (Å²) >= 11 is 0. The Morgan fingerprint density at radius 1 is 1.35 bits per heavy atom. The van der Waals surface area contributed by atoms with E-state index in [0.717, 1.165) is 0 Å². The Labute approximate surface area is 120 Å². The summed E-state index contributed by atoms with van der Waals surface area (Å²) in [6.07, 6.45) is 0.674. The summed E-state index contributed by atoms with van der Waals surface area (Å²) in [6, 6.07) is 4.48. The average molecular weight is 301 g/mol. The van der Waals surface area contributed by atoms with Gasteiger partial charge in [0, 0.05) is 6.54 Å². The van der Waals surface area contributed by atoms with Crippen molar-refractivity contribution in [1.82, 2.24) is 4.72 Å². The van der Waals surface area contributed by atoms with Crippen molar-refractivity contribution in [2.24, 2.45) is 0 Å². The molecule has 1 aromatic carbocycles. The third-order valence-corrected chi connectivity index (χ3v) is 4.78. The lowest BCUT2D eigenvalue weighted by Gasteiger charge is -2.29. The van der Waals surface area contributed by atoms with Crippen molar-refractivity contribution < 1.29 is 13.5 Å². The quantitative estimate of drug-likeness (QED) is 0.565. The molecular formula is C13H23N3O3S. The fraction of sp³-hybridized carbons (Fsp3) is 0.538. The standard InChI is InChI=1S/C13H23N3O3S/c1-4-13(3,9-17)16-12-8-10(6-7-11(12)14)20(18,19)15-5-2/h6-8,15-17H,4-5,9,14H2,1-3H3. The molecule has 0 spiro atoms. The monoisotopic (exact) mass is 301 g/mol. The summed E-state index contributed by atoms with van der Waals surface area (Å²) in [5.41, 5.74) is 6.26. The number of aliphatic hydroxyl groups is 1. The highest BCUT2D eigenvalue weighted by molar-refractivity contribution is 7.89. The van der Waals surface area contributed by atoms with Crippen LogP contribution in [-0.2, 0) is 10.0 Å². The SMILES string of the molecule is CCNS(=O)(=O)c1ccc(N)c(NC(C)(CC)CO)c1. The molecule has 0 fully saturated rings. The number of hydrogen-bond donors (Lipinski definition) is 4. The average Bonchev–Trinajstić information content (AvgIpc) is 2.41. The minimum absolute atomic E-state index is 0.0763. The number of nitrogens with one attached hydrogen (secondary N) is 2. The van der Waals surface area contributed by atoms with Crippen LogP contribution < -0.4 is 15.8 Å². The zero-order valence-corrected chi connectivity index (χ0v) is 12.9. The van der Waals surface area contributed by atoms with Gasteiger partial charge in [0.2, 0.25) is 10.0 Å². The van der Waals surface area contributed by atoms with Crippen molar-refractivity contribution in [1.29, 1.82) is 0 Å². The molecule has 1 aromatic rings. The van der Waals surface area contributed by atoms with Gasteiger partial charge in [-0.15, -0.1) is 0 Å². The number of hydrogen-bond acceptors (Lipinski definition) is 5. The molecule has 1 rings (SSSR count). The number of sulfonamides is 1. The molecule has 0 radical (unpaired) electrons. The molecule has 7 heteroatoms. The molecule has 0 amide bonds. The largest absolute Gasteiger partial charge is 0.397 e. The van der Waals surface area contributed by atoms with Gasteiger partial charge < -0.3 is 16.2 Å². The lowest BCUT2D eigenvalue weighted by atomic mass is 9.99. The van der Waals surface area contributed by atoms with Gasteiger partial charge in [0.15, 0.2) is 0 Å². The Morgan fingerprint density at radius 3 is 2.50 bits per heavy atom. The van der Waals surface area contributed by atoms with Crippen molar-refractivity contribution in [3.05, 3.63) is 18.2 Å². The first kappa shape index (κ1) is 16.7. The molecule has 0 saturated carbocycles. The van der Waals surface area contributed by atoms with Crippen LogP contribution >= 0.6 is 0 Å². The van der Waals surface area contributed by atoms with E-state index < -0.39 is 15.6 Å². The second-order valence-electron chi connectivity index (χ2n) is 4.95. The maximum atomic E-state index is 12.0. The summed E-state index contributed by atoms with van der Waals surface area (Å²) in [6.45, 7) is 5.73. The molecule has 1 unspecified atom stereocenters. The van der Waals surface area contributed by atoms with Crippen LogP contribution in [0.1, 0.15) is 27.2 Å². The fourth-order valence-corrected chi connectivity index (χ4v) is 2.72. The van der Waals surface area contributed by atoms with Crippen molar-refractivity contribution in [2.45, 2.75) is 37.6 Å². The van der Waals surface area contributed by atoms with Crippen LogP contribution in [0.3, 0.4) is 0 Å². The van der Waals surface area contributed by atoms with E-state index in [2.05, 4.69) is 10.0 Å². The van der Waals surface area contributed by atoms with Crippen LogP contribution in [0, 0.1) is 0 Å². The summed E-state index contributed by atoms with van der Waals surface area (Å²) < 4.78 is 26.4. The van der Waals surface area contributed by atoms with Crippen molar-refractivity contribution in [3.8, 4) is 0 Å². The van der Waals surface area contributed by atoms with Crippen LogP contribution in [0.15, 0.2) is 23.1 Å². The van der Waals surface area contributed by atoms with Gasteiger partial charge in [0.25, 0.3) is 0 Å². The molecule has 0 heterocycles. The Morgan fingerprint density at radius 2 is 2.00 bits per heavy atom. The maximum absolute atomic E-state index is 12.0. The molecule has 0 saturated heterocycles. The number of anilines is 2. The van der Waals surface area contributed by atoms with E-state index in [4.69, 9.17) is 5.73 Å². The maximum Gasteiger partial charge on any atom is 0.240 e. The number of nitrogens with two attached hydrogens (primary N) is 1. The van der Waals surface area contributed by atoms with E-state index in [9.17, 15) is 13.5 Å². The minimum Gasteiger partial charge on any atom is -0.397 e. The van der Waals surface area contributed by atoms with Crippen molar-refractivity contribution in [2.75, 3.05) is 24.2 Å². The first-order valence-electron chi connectivity index (χ1n) is 6.56. The molecule has 6 nitrogen and oxygen atoms in total. The molecule has 1 atom stereocenters. The Balaban J connectivity index is 3.16. The Bertz CT molecular complexity index is 554. The van der Waals surface area contributed by atoms with Gasteiger partial charge in [-0.3, -0.25) is 0 Å². The van der Waals surface area contributed by atoms with E-state index in [1.165, 1.54) is 12.1 Å². The highest BCUT2D eigenvalue weighted by Gasteiger charge is 2.22. The molecule has 0 aliphatic heterocycles. The van der Waals surface area contributed by atoms with Crippen LogP contribution in [0.25, 0.3) is 0 Å². The second kappa shape index (κ2) is 6.43. The van der Waals surface area contributed by atoms with Gasteiger partial charge in [-0.2, -0.15) is 0 Å². The van der Waals surface area contributed by atoms with Gasteiger partial charge >= 0.3 is 0 Å². The first-order chi connectivity index (χ1) is 9.28. The predicted molar refractivity (Wildman–Crippen MR) is 81.1 cm³/mol. The zero-order valence-electron chi connectivity index (χ0n) is 12.1. The van der Waals surface area contributed by atoms with Crippen LogP contribution in [-0.4, -0.2) is 32.2 Å². The third kappa shape index (κ3) is 3.84. The van der Waals surface area contributed by atoms with E-state index >= 15 is 0 Å². The number of benzene rings is 1. The van der Waals surface area contributed by atoms with Gasteiger partial charge in [-0.25, -0.2) is 13.1 Å². The molecule has 0 aliphatic carbocycles. The van der Waals surface area contributed by atoms with Gasteiger partial charge in [0.05, 0.1) is 28.4 Å². The van der Waals surface area contributed by atoms with Gasteiger partial charge in [0.1, 0.15) is 0 Å². The van der Waals surface area contributed by atoms with E-state index in [-0.39, 0.29) is 11.5 Å². The number of rotatable bonds is 7. The van der Waals surface area contributed by atoms with E-state index in [1.54, 1.807) is 13.0 Å². The van der Waals surface area contributed by atoms with Gasteiger partial charge in [-0.05, 0) is 31.5 Å². The van der Waals surface area contributed by atoms with Crippen molar-refractivity contribution in [3.63, 3.8) is 0 Å². The molecule has 0 aromatic heterocycles. The highest BCUT2D eigenvalue weighted by Crippen LogP contribution is 2.27. The first-order valence-corrected chi connectivity index (χ1v) is 8.04. The fourth-order valence-electron chi connectivity index (χ4n) is 1.65. The van der Waals surface area contributed by atoms with Crippen LogP contribution in [0.5, 0.6) is 0 Å². The van der Waals surface area contributed by atoms with E-state index in [0.29, 0.717) is 24.3 Å². The summed E-state index contributed by atoms with van der Waals surface area (Å²) in [5, 5.41) is 12.5. The topological polar surface area (TPSA) is 104 Å². The highest BCUT2D eigenvalue weighted by atomic mass is 32.2. The summed E-state index contributed by atoms with van der Waals surface area (Å²) in [7, 11) is -3.53. The lowest BCUT2D eigenvalue weighted by molar-refractivity contribution is 0.219. The summed E-state index contributed by atoms with van der Waals surface area (Å²) in [5.74, 6) is 0. The normalized spacial score (nSPS) is 14.8. The minimum atomic E-state index is -3.53. The van der Waals surface area contributed by atoms with Crippen LogP contribution in [0.2, 0.25) is 0 Å².